The van der Waals surface area contributed by atoms with Crippen molar-refractivity contribution in [2.75, 3.05) is 19.6 Å². The molecule has 0 aromatic rings. The van der Waals surface area contributed by atoms with Crippen molar-refractivity contribution in [3.05, 3.63) is 0 Å². The van der Waals surface area contributed by atoms with Crippen LogP contribution in [0.2, 0.25) is 0 Å². The quantitative estimate of drug-likeness (QED) is 0.780. The second kappa shape index (κ2) is 6.68. The summed E-state index contributed by atoms with van der Waals surface area (Å²) in [4.78, 5) is 0.255. The molecule has 0 aromatic carbocycles. The van der Waals surface area contributed by atoms with Crippen molar-refractivity contribution in [1.82, 2.24) is 8.61 Å². The summed E-state index contributed by atoms with van der Waals surface area (Å²) in [6, 6.07) is 0.0702. The van der Waals surface area contributed by atoms with Gasteiger partial charge in [-0.3, -0.25) is 0 Å². The second-order valence-corrected chi connectivity index (χ2v) is 8.44. The van der Waals surface area contributed by atoms with Gasteiger partial charge in [0.25, 0.3) is 10.2 Å². The molecular formula is C13H25N3O2S2. The molecule has 2 N–H and O–H groups in total. The molecule has 2 rings (SSSR count). The predicted molar refractivity (Wildman–Crippen MR) is 84.6 cm³/mol. The van der Waals surface area contributed by atoms with E-state index in [9.17, 15) is 8.42 Å². The van der Waals surface area contributed by atoms with Crippen molar-refractivity contribution in [3.8, 4) is 0 Å². The SMILES string of the molecule is CC1CCN(S(=O)(=O)N(CC(N)=S)C2CCCC2)CC1. The van der Waals surface area contributed by atoms with E-state index in [2.05, 4.69) is 6.92 Å². The molecule has 0 amide bonds. The summed E-state index contributed by atoms with van der Waals surface area (Å²) in [7, 11) is -3.43. The van der Waals surface area contributed by atoms with Crippen LogP contribution in [-0.2, 0) is 10.2 Å². The lowest BCUT2D eigenvalue weighted by Gasteiger charge is -2.36. The summed E-state index contributed by atoms with van der Waals surface area (Å²) in [5, 5.41) is 0. The van der Waals surface area contributed by atoms with Gasteiger partial charge in [0.2, 0.25) is 0 Å². The molecule has 0 aromatic heterocycles. The van der Waals surface area contributed by atoms with Gasteiger partial charge in [-0.05, 0) is 31.6 Å². The van der Waals surface area contributed by atoms with E-state index in [0.717, 1.165) is 38.5 Å². The number of piperidine rings is 1. The van der Waals surface area contributed by atoms with Crippen LogP contribution in [0.5, 0.6) is 0 Å². The van der Waals surface area contributed by atoms with Gasteiger partial charge in [-0.2, -0.15) is 17.0 Å². The molecule has 1 aliphatic carbocycles. The first kappa shape index (κ1) is 16.1. The summed E-state index contributed by atoms with van der Waals surface area (Å²) in [6.07, 6.45) is 5.89. The van der Waals surface area contributed by atoms with Crippen molar-refractivity contribution < 1.29 is 8.42 Å². The topological polar surface area (TPSA) is 66.6 Å². The van der Waals surface area contributed by atoms with E-state index in [0.29, 0.717) is 19.0 Å². The summed E-state index contributed by atoms with van der Waals surface area (Å²) >= 11 is 4.95. The zero-order chi connectivity index (χ0) is 14.8. The summed E-state index contributed by atoms with van der Waals surface area (Å²) in [5.41, 5.74) is 5.62. The lowest BCUT2D eigenvalue weighted by molar-refractivity contribution is 0.253. The third-order valence-electron chi connectivity index (χ3n) is 4.41. The smallest absolute Gasteiger partial charge is 0.282 e. The Labute approximate surface area is 127 Å². The highest BCUT2D eigenvalue weighted by Crippen LogP contribution is 2.28. The largest absolute Gasteiger partial charge is 0.392 e. The Morgan fingerprint density at radius 3 is 2.30 bits per heavy atom. The first-order valence-corrected chi connectivity index (χ1v) is 9.27. The highest BCUT2D eigenvalue weighted by atomic mass is 32.2. The molecule has 0 spiro atoms. The Morgan fingerprint density at radius 2 is 1.80 bits per heavy atom. The molecule has 1 heterocycles. The Bertz CT molecular complexity index is 439. The van der Waals surface area contributed by atoms with Crippen LogP contribution in [0.1, 0.15) is 45.4 Å². The molecule has 0 atom stereocenters. The fourth-order valence-corrected chi connectivity index (χ4v) is 5.19. The van der Waals surface area contributed by atoms with Crippen LogP contribution in [0.25, 0.3) is 0 Å². The average Bonchev–Trinajstić information content (AvgIpc) is 2.89. The van der Waals surface area contributed by atoms with E-state index in [1.165, 1.54) is 0 Å². The fraction of sp³-hybridized carbons (Fsp3) is 0.923. The van der Waals surface area contributed by atoms with Gasteiger partial charge in [-0.1, -0.05) is 32.0 Å². The Balaban J connectivity index is 2.15. The molecule has 1 aliphatic heterocycles. The van der Waals surface area contributed by atoms with E-state index in [-0.39, 0.29) is 17.6 Å². The maximum Gasteiger partial charge on any atom is 0.282 e. The average molecular weight is 319 g/mol. The molecule has 1 saturated carbocycles. The predicted octanol–water partition coefficient (Wildman–Crippen LogP) is 1.49. The van der Waals surface area contributed by atoms with Gasteiger partial charge < -0.3 is 5.73 Å². The molecule has 116 valence electrons. The van der Waals surface area contributed by atoms with Gasteiger partial charge in [0.15, 0.2) is 0 Å². The highest BCUT2D eigenvalue weighted by molar-refractivity contribution is 7.87. The number of hydrogen-bond acceptors (Lipinski definition) is 3. The van der Waals surface area contributed by atoms with Crippen LogP contribution in [0.15, 0.2) is 0 Å². The Kier molecular flexibility index (Phi) is 5.39. The van der Waals surface area contributed by atoms with Gasteiger partial charge in [0.05, 0.1) is 11.5 Å². The van der Waals surface area contributed by atoms with Gasteiger partial charge in [-0.25, -0.2) is 0 Å². The molecule has 0 unspecified atom stereocenters. The minimum absolute atomic E-state index is 0.0702. The van der Waals surface area contributed by atoms with E-state index >= 15 is 0 Å². The lowest BCUT2D eigenvalue weighted by atomic mass is 10.0. The molecule has 5 nitrogen and oxygen atoms in total. The number of nitrogens with two attached hydrogens (primary N) is 1. The van der Waals surface area contributed by atoms with Gasteiger partial charge in [0, 0.05) is 19.1 Å². The standard InChI is InChI=1S/C13H25N3O2S2/c1-11-6-8-15(9-7-11)20(17,18)16(10-13(14)19)12-4-2-3-5-12/h11-12H,2-10H2,1H3,(H2,14,19). The monoisotopic (exact) mass is 319 g/mol. The van der Waals surface area contributed by atoms with Crippen LogP contribution in [-0.4, -0.2) is 47.7 Å². The van der Waals surface area contributed by atoms with Gasteiger partial charge in [0.1, 0.15) is 0 Å². The number of thiocarbonyl (C=S) groups is 1. The van der Waals surface area contributed by atoms with E-state index in [1.807, 2.05) is 0 Å². The highest BCUT2D eigenvalue weighted by Gasteiger charge is 2.37. The summed E-state index contributed by atoms with van der Waals surface area (Å²) in [6.45, 7) is 3.58. The first-order valence-electron chi connectivity index (χ1n) is 7.46. The Hall–Kier alpha value is -0.240. The van der Waals surface area contributed by atoms with Gasteiger partial charge in [-0.15, -0.1) is 0 Å². The number of nitrogens with zero attached hydrogens (tertiary/aromatic N) is 2. The van der Waals surface area contributed by atoms with Crippen LogP contribution in [0.3, 0.4) is 0 Å². The van der Waals surface area contributed by atoms with Crippen molar-refractivity contribution >= 4 is 27.4 Å². The van der Waals surface area contributed by atoms with E-state index < -0.39 is 10.2 Å². The molecule has 2 fully saturated rings. The normalized spacial score (nSPS) is 23.5. The maximum atomic E-state index is 12.9. The molecule has 7 heteroatoms. The summed E-state index contributed by atoms with van der Waals surface area (Å²) < 4.78 is 28.9. The van der Waals surface area contributed by atoms with E-state index in [1.54, 1.807) is 8.61 Å². The summed E-state index contributed by atoms with van der Waals surface area (Å²) in [5.74, 6) is 0.608. The van der Waals surface area contributed by atoms with Crippen molar-refractivity contribution in [2.45, 2.75) is 51.5 Å². The number of rotatable bonds is 5. The molecule has 0 radical (unpaired) electrons. The molecule has 0 bridgehead atoms. The minimum atomic E-state index is -3.43. The fourth-order valence-electron chi connectivity index (χ4n) is 3.11. The van der Waals surface area contributed by atoms with E-state index in [4.69, 9.17) is 18.0 Å². The first-order chi connectivity index (χ1) is 9.41. The van der Waals surface area contributed by atoms with Crippen LogP contribution >= 0.6 is 12.2 Å². The zero-order valence-corrected chi connectivity index (χ0v) is 13.8. The third kappa shape index (κ3) is 3.69. The lowest BCUT2D eigenvalue weighted by Crippen LogP contribution is -2.52. The Morgan fingerprint density at radius 1 is 1.25 bits per heavy atom. The third-order valence-corrected chi connectivity index (χ3v) is 6.58. The van der Waals surface area contributed by atoms with Crippen LogP contribution in [0.4, 0.5) is 0 Å². The maximum absolute atomic E-state index is 12.9. The minimum Gasteiger partial charge on any atom is -0.392 e. The van der Waals surface area contributed by atoms with Gasteiger partial charge >= 0.3 is 0 Å². The molecule has 20 heavy (non-hydrogen) atoms. The van der Waals surface area contributed by atoms with Crippen molar-refractivity contribution in [3.63, 3.8) is 0 Å². The second-order valence-electron chi connectivity index (χ2n) is 6.04. The molecular weight excluding hydrogens is 294 g/mol. The van der Waals surface area contributed by atoms with Crippen LogP contribution in [0, 0.1) is 5.92 Å². The van der Waals surface area contributed by atoms with Crippen LogP contribution < -0.4 is 5.73 Å². The molecule has 1 saturated heterocycles. The zero-order valence-electron chi connectivity index (χ0n) is 12.1. The van der Waals surface area contributed by atoms with Crippen molar-refractivity contribution in [1.29, 1.82) is 0 Å². The number of hydrogen-bond donors (Lipinski definition) is 1. The van der Waals surface area contributed by atoms with Crippen molar-refractivity contribution in [2.24, 2.45) is 11.7 Å². The molecule has 2 aliphatic rings.